The van der Waals surface area contributed by atoms with Crippen molar-refractivity contribution >= 4 is 27.5 Å². The van der Waals surface area contributed by atoms with Gasteiger partial charge >= 0.3 is 0 Å². The van der Waals surface area contributed by atoms with Crippen LogP contribution in [-0.4, -0.2) is 14.5 Å². The number of para-hydroxylation sites is 1. The highest BCUT2D eigenvalue weighted by Gasteiger charge is 2.22. The molecule has 1 aliphatic carbocycles. The van der Waals surface area contributed by atoms with Crippen LogP contribution in [0.25, 0.3) is 15.9 Å². The number of aromatic nitrogens is 3. The van der Waals surface area contributed by atoms with E-state index < -0.39 is 0 Å². The van der Waals surface area contributed by atoms with E-state index in [-0.39, 0.29) is 5.56 Å². The predicted octanol–water partition coefficient (Wildman–Crippen LogP) is 4.72. The van der Waals surface area contributed by atoms with E-state index in [1.807, 2.05) is 48.5 Å². The number of nitrogens with one attached hydrogen (secondary N) is 1. The Morgan fingerprint density at radius 1 is 1.00 bits per heavy atom. The van der Waals surface area contributed by atoms with E-state index in [1.54, 1.807) is 22.1 Å². The van der Waals surface area contributed by atoms with Crippen molar-refractivity contribution in [1.82, 2.24) is 14.5 Å². The lowest BCUT2D eigenvalue weighted by Gasteiger charge is -2.14. The van der Waals surface area contributed by atoms with Crippen LogP contribution < -0.4 is 10.9 Å². The van der Waals surface area contributed by atoms with Crippen LogP contribution in [0.2, 0.25) is 0 Å². The van der Waals surface area contributed by atoms with Crippen molar-refractivity contribution in [2.45, 2.75) is 38.6 Å². The standard InChI is InChI=1S/C23H22N4OS/c28-22-20-18-12-5-2-6-13-19(18)29-21(20)26-23(25-15-16-9-7-8-14-24-16)27(22)17-10-3-1-4-11-17/h1,3-4,7-11,14H,2,5-6,12-13,15H2,(H,25,26). The highest BCUT2D eigenvalue weighted by atomic mass is 32.1. The number of nitrogens with zero attached hydrogens (tertiary/aromatic N) is 3. The van der Waals surface area contributed by atoms with Crippen molar-refractivity contribution in [2.24, 2.45) is 0 Å². The molecule has 6 heteroatoms. The van der Waals surface area contributed by atoms with Gasteiger partial charge in [0.15, 0.2) is 0 Å². The molecule has 3 heterocycles. The SMILES string of the molecule is O=c1c2c3c(sc2nc(NCc2ccccn2)n1-c1ccccc1)CCCCC3. The summed E-state index contributed by atoms with van der Waals surface area (Å²) in [5, 5.41) is 4.15. The molecule has 0 fully saturated rings. The summed E-state index contributed by atoms with van der Waals surface area (Å²) in [6, 6.07) is 15.6. The van der Waals surface area contributed by atoms with Crippen molar-refractivity contribution in [3.8, 4) is 5.69 Å². The minimum Gasteiger partial charge on any atom is -0.350 e. The molecule has 0 aliphatic heterocycles. The third-order valence-corrected chi connectivity index (χ3v) is 6.59. The van der Waals surface area contributed by atoms with Crippen LogP contribution in [0.4, 0.5) is 5.95 Å². The molecule has 146 valence electrons. The topological polar surface area (TPSA) is 59.8 Å². The third kappa shape index (κ3) is 3.44. The second-order valence-electron chi connectivity index (χ2n) is 7.33. The Labute approximate surface area is 173 Å². The molecular weight excluding hydrogens is 380 g/mol. The van der Waals surface area contributed by atoms with Crippen molar-refractivity contribution < 1.29 is 0 Å². The van der Waals surface area contributed by atoms with Crippen LogP contribution in [0.15, 0.2) is 59.5 Å². The summed E-state index contributed by atoms with van der Waals surface area (Å²) in [5.41, 5.74) is 2.97. The van der Waals surface area contributed by atoms with Gasteiger partial charge in [-0.1, -0.05) is 30.7 Å². The van der Waals surface area contributed by atoms with Gasteiger partial charge in [0.2, 0.25) is 5.95 Å². The molecule has 0 saturated heterocycles. The summed E-state index contributed by atoms with van der Waals surface area (Å²) in [6.45, 7) is 0.511. The first-order chi connectivity index (χ1) is 14.3. The van der Waals surface area contributed by atoms with Gasteiger partial charge in [0, 0.05) is 11.1 Å². The quantitative estimate of drug-likeness (QED) is 0.502. The van der Waals surface area contributed by atoms with Crippen LogP contribution in [0.3, 0.4) is 0 Å². The lowest BCUT2D eigenvalue weighted by molar-refractivity contribution is 0.713. The number of rotatable bonds is 4. The molecule has 0 amide bonds. The Hall–Kier alpha value is -2.99. The zero-order valence-corrected chi connectivity index (χ0v) is 16.9. The molecule has 0 unspecified atom stereocenters. The van der Waals surface area contributed by atoms with E-state index in [9.17, 15) is 4.79 Å². The van der Waals surface area contributed by atoms with E-state index in [0.29, 0.717) is 12.5 Å². The largest absolute Gasteiger partial charge is 0.350 e. The average molecular weight is 403 g/mol. The fourth-order valence-corrected chi connectivity index (χ4v) is 5.24. The van der Waals surface area contributed by atoms with Crippen molar-refractivity contribution in [3.63, 3.8) is 0 Å². The van der Waals surface area contributed by atoms with Gasteiger partial charge in [0.25, 0.3) is 5.56 Å². The molecule has 1 aromatic carbocycles. The highest BCUT2D eigenvalue weighted by Crippen LogP contribution is 2.34. The van der Waals surface area contributed by atoms with Gasteiger partial charge in [0.1, 0.15) is 4.83 Å². The first-order valence-electron chi connectivity index (χ1n) is 10.1. The molecule has 1 aliphatic rings. The Balaban J connectivity index is 1.67. The molecule has 29 heavy (non-hydrogen) atoms. The zero-order chi connectivity index (χ0) is 19.6. The number of aryl methyl sites for hydroxylation is 2. The molecule has 1 N–H and O–H groups in total. The third-order valence-electron chi connectivity index (χ3n) is 5.41. The van der Waals surface area contributed by atoms with Crippen LogP contribution in [0, 0.1) is 0 Å². The number of anilines is 1. The van der Waals surface area contributed by atoms with Crippen molar-refractivity contribution in [3.05, 3.63) is 81.2 Å². The molecule has 0 bridgehead atoms. The molecule has 5 nitrogen and oxygen atoms in total. The van der Waals surface area contributed by atoms with Gasteiger partial charge in [-0.25, -0.2) is 9.55 Å². The molecule has 5 rings (SSSR count). The lowest BCUT2D eigenvalue weighted by atomic mass is 10.1. The van der Waals surface area contributed by atoms with Crippen LogP contribution in [0.1, 0.15) is 35.4 Å². The Morgan fingerprint density at radius 2 is 1.83 bits per heavy atom. The maximum Gasteiger partial charge on any atom is 0.268 e. The Kier molecular flexibility index (Phi) is 4.86. The number of fused-ring (bicyclic) bond motifs is 3. The van der Waals surface area contributed by atoms with E-state index in [4.69, 9.17) is 4.98 Å². The van der Waals surface area contributed by atoms with Gasteiger partial charge < -0.3 is 5.32 Å². The Bertz CT molecular complexity index is 1200. The first-order valence-corrected chi connectivity index (χ1v) is 10.9. The molecule has 4 aromatic rings. The fraction of sp³-hybridized carbons (Fsp3) is 0.261. The van der Waals surface area contributed by atoms with Crippen LogP contribution in [0.5, 0.6) is 0 Å². The minimum atomic E-state index is 0.0177. The minimum absolute atomic E-state index is 0.0177. The van der Waals surface area contributed by atoms with Gasteiger partial charge in [-0.05, 0) is 55.5 Å². The maximum absolute atomic E-state index is 13.7. The van der Waals surface area contributed by atoms with Gasteiger partial charge in [0.05, 0.1) is 23.3 Å². The van der Waals surface area contributed by atoms with Gasteiger partial charge in [-0.15, -0.1) is 11.3 Å². The van der Waals surface area contributed by atoms with Gasteiger partial charge in [-0.2, -0.15) is 0 Å². The van der Waals surface area contributed by atoms with E-state index in [0.717, 1.165) is 40.9 Å². The zero-order valence-electron chi connectivity index (χ0n) is 16.1. The van der Waals surface area contributed by atoms with Crippen molar-refractivity contribution in [1.29, 1.82) is 0 Å². The monoisotopic (exact) mass is 402 g/mol. The first kappa shape index (κ1) is 18.1. The number of hydrogen-bond donors (Lipinski definition) is 1. The van der Waals surface area contributed by atoms with E-state index in [1.165, 1.54) is 23.3 Å². The Morgan fingerprint density at radius 3 is 2.66 bits per heavy atom. The van der Waals surface area contributed by atoms with Gasteiger partial charge in [-0.3, -0.25) is 9.78 Å². The van der Waals surface area contributed by atoms with Crippen LogP contribution in [-0.2, 0) is 19.4 Å². The summed E-state index contributed by atoms with van der Waals surface area (Å²) in [4.78, 5) is 25.1. The average Bonchev–Trinajstić information content (AvgIpc) is 2.95. The summed E-state index contributed by atoms with van der Waals surface area (Å²) >= 11 is 1.69. The van der Waals surface area contributed by atoms with E-state index >= 15 is 0 Å². The number of benzene rings is 1. The highest BCUT2D eigenvalue weighted by molar-refractivity contribution is 7.18. The number of thiophene rings is 1. The normalized spacial score (nSPS) is 13.8. The molecule has 0 spiro atoms. The summed E-state index contributed by atoms with van der Waals surface area (Å²) < 4.78 is 1.71. The van der Waals surface area contributed by atoms with E-state index in [2.05, 4.69) is 10.3 Å². The molecule has 3 aromatic heterocycles. The lowest BCUT2D eigenvalue weighted by Crippen LogP contribution is -2.24. The maximum atomic E-state index is 13.7. The number of pyridine rings is 1. The second-order valence-corrected chi connectivity index (χ2v) is 8.41. The van der Waals surface area contributed by atoms with Crippen LogP contribution >= 0.6 is 11.3 Å². The fourth-order valence-electron chi connectivity index (χ4n) is 3.99. The molecular formula is C23H22N4OS. The molecule has 0 radical (unpaired) electrons. The summed E-state index contributed by atoms with van der Waals surface area (Å²) in [5.74, 6) is 0.566. The smallest absolute Gasteiger partial charge is 0.268 e. The van der Waals surface area contributed by atoms with Crippen molar-refractivity contribution in [2.75, 3.05) is 5.32 Å². The number of hydrogen-bond acceptors (Lipinski definition) is 5. The molecule has 0 saturated carbocycles. The molecule has 0 atom stereocenters. The summed E-state index contributed by atoms with van der Waals surface area (Å²) in [7, 11) is 0. The second kappa shape index (κ2) is 7.79. The summed E-state index contributed by atoms with van der Waals surface area (Å²) in [6.07, 6.45) is 7.36. The predicted molar refractivity (Wildman–Crippen MR) is 118 cm³/mol.